The van der Waals surface area contributed by atoms with Crippen LogP contribution >= 0.6 is 11.6 Å². The van der Waals surface area contributed by atoms with E-state index in [0.717, 1.165) is 44.1 Å². The van der Waals surface area contributed by atoms with Crippen LogP contribution in [0.1, 0.15) is 18.9 Å². The minimum Gasteiger partial charge on any atom is -0.482 e. The maximum absolute atomic E-state index is 12.0. The quantitative estimate of drug-likeness (QED) is 0.703. The highest BCUT2D eigenvalue weighted by molar-refractivity contribution is 6.32. The Morgan fingerprint density at radius 3 is 2.93 bits per heavy atom. The van der Waals surface area contributed by atoms with Gasteiger partial charge in [-0.25, -0.2) is 5.43 Å². The summed E-state index contributed by atoms with van der Waals surface area (Å²) in [5.41, 5.74) is 4.08. The first kappa shape index (κ1) is 20.6. The van der Waals surface area contributed by atoms with Crippen molar-refractivity contribution in [2.45, 2.75) is 13.3 Å². The van der Waals surface area contributed by atoms with Gasteiger partial charge in [0.1, 0.15) is 5.75 Å². The zero-order chi connectivity index (χ0) is 19.9. The number of hydrogen-bond acceptors (Lipinski definition) is 6. The van der Waals surface area contributed by atoms with E-state index in [0.29, 0.717) is 23.7 Å². The summed E-state index contributed by atoms with van der Waals surface area (Å²) < 4.78 is 10.8. The minimum absolute atomic E-state index is 0.00818. The van der Waals surface area contributed by atoms with Gasteiger partial charge >= 0.3 is 0 Å². The van der Waals surface area contributed by atoms with E-state index in [4.69, 9.17) is 21.1 Å². The summed E-state index contributed by atoms with van der Waals surface area (Å²) in [4.78, 5) is 25.6. The van der Waals surface area contributed by atoms with Crippen LogP contribution in [-0.2, 0) is 14.3 Å². The largest absolute Gasteiger partial charge is 0.482 e. The third-order valence-electron chi connectivity index (χ3n) is 4.70. The van der Waals surface area contributed by atoms with E-state index in [-0.39, 0.29) is 24.3 Å². The summed E-state index contributed by atoms with van der Waals surface area (Å²) in [7, 11) is 0. The van der Waals surface area contributed by atoms with E-state index in [1.165, 1.54) is 0 Å². The van der Waals surface area contributed by atoms with E-state index in [1.54, 1.807) is 12.1 Å². The van der Waals surface area contributed by atoms with Crippen LogP contribution in [0, 0.1) is 5.92 Å². The van der Waals surface area contributed by atoms with Crippen molar-refractivity contribution >= 4 is 29.1 Å². The number of carbonyl (C=O) groups is 2. The average Bonchev–Trinajstić information content (AvgIpc) is 2.68. The second kappa shape index (κ2) is 9.86. The molecule has 2 heterocycles. The molecule has 2 N–H and O–H groups in total. The fourth-order valence-electron chi connectivity index (χ4n) is 3.15. The molecule has 0 aromatic heterocycles. The summed E-state index contributed by atoms with van der Waals surface area (Å²) in [5.74, 6) is 0.152. The van der Waals surface area contributed by atoms with Crippen molar-refractivity contribution in [1.82, 2.24) is 15.6 Å². The molecule has 0 spiro atoms. The van der Waals surface area contributed by atoms with Crippen LogP contribution < -0.4 is 15.5 Å². The lowest BCUT2D eigenvalue weighted by atomic mass is 9.94. The molecule has 2 amide bonds. The molecule has 3 rings (SSSR count). The first-order valence-electron chi connectivity index (χ1n) is 9.39. The molecule has 1 aromatic carbocycles. The van der Waals surface area contributed by atoms with Crippen LogP contribution in [0.2, 0.25) is 5.02 Å². The number of nitrogens with zero attached hydrogens (tertiary/aromatic N) is 2. The number of morpholine rings is 1. The minimum atomic E-state index is -0.193. The summed E-state index contributed by atoms with van der Waals surface area (Å²) in [6.45, 7) is 6.46. The number of nitrogens with one attached hydrogen (secondary N) is 2. The molecule has 0 bridgehead atoms. The van der Waals surface area contributed by atoms with E-state index in [2.05, 4.69) is 20.7 Å². The van der Waals surface area contributed by atoms with Gasteiger partial charge in [0.05, 0.1) is 23.9 Å². The highest BCUT2D eigenvalue weighted by atomic mass is 35.5. The van der Waals surface area contributed by atoms with Crippen molar-refractivity contribution in [3.63, 3.8) is 0 Å². The van der Waals surface area contributed by atoms with Crippen molar-refractivity contribution in [1.29, 1.82) is 0 Å². The predicted molar refractivity (Wildman–Crippen MR) is 106 cm³/mol. The van der Waals surface area contributed by atoms with Gasteiger partial charge in [0, 0.05) is 38.5 Å². The van der Waals surface area contributed by atoms with E-state index >= 15 is 0 Å². The number of hydrogen-bond donors (Lipinski definition) is 2. The van der Waals surface area contributed by atoms with E-state index in [9.17, 15) is 9.59 Å². The zero-order valence-electron chi connectivity index (χ0n) is 15.9. The third kappa shape index (κ3) is 5.67. The molecule has 152 valence electrons. The Morgan fingerprint density at radius 1 is 1.43 bits per heavy atom. The molecule has 1 fully saturated rings. The Balaban J connectivity index is 1.46. The Bertz CT molecular complexity index is 749. The second-order valence-corrected chi connectivity index (χ2v) is 7.28. The highest BCUT2D eigenvalue weighted by Crippen LogP contribution is 2.27. The number of halogens is 1. The Kier molecular flexibility index (Phi) is 7.24. The van der Waals surface area contributed by atoms with Crippen LogP contribution in [0.4, 0.5) is 0 Å². The van der Waals surface area contributed by atoms with Gasteiger partial charge in [0.15, 0.2) is 6.61 Å². The first-order valence-corrected chi connectivity index (χ1v) is 9.76. The van der Waals surface area contributed by atoms with Gasteiger partial charge in [-0.3, -0.25) is 14.5 Å². The fraction of sp³-hybridized carbons (Fsp3) is 0.526. The van der Waals surface area contributed by atoms with Gasteiger partial charge in [-0.05, 0) is 23.8 Å². The van der Waals surface area contributed by atoms with Crippen LogP contribution in [0.25, 0.3) is 0 Å². The van der Waals surface area contributed by atoms with Crippen molar-refractivity contribution in [3.8, 4) is 5.75 Å². The molecule has 1 atom stereocenters. The molecule has 0 saturated carbocycles. The Labute approximate surface area is 169 Å². The zero-order valence-corrected chi connectivity index (χ0v) is 16.6. The molecule has 28 heavy (non-hydrogen) atoms. The van der Waals surface area contributed by atoms with Gasteiger partial charge in [-0.15, -0.1) is 0 Å². The fourth-order valence-corrected chi connectivity index (χ4v) is 3.39. The summed E-state index contributed by atoms with van der Waals surface area (Å²) in [5, 5.41) is 7.36. The number of amides is 2. The normalized spacial score (nSPS) is 20.3. The average molecular weight is 409 g/mol. The summed E-state index contributed by atoms with van der Waals surface area (Å²) in [6.07, 6.45) is 0.388. The van der Waals surface area contributed by atoms with Crippen molar-refractivity contribution in [3.05, 3.63) is 28.8 Å². The number of benzene rings is 1. The SMILES string of the molecule is CC1CC(=O)NN=C1c1ccc(OCC(=O)NCCN2CCOCC2)c(Cl)c1. The van der Waals surface area contributed by atoms with Gasteiger partial charge < -0.3 is 14.8 Å². The maximum atomic E-state index is 12.0. The van der Waals surface area contributed by atoms with Crippen molar-refractivity contribution in [2.24, 2.45) is 11.0 Å². The lowest BCUT2D eigenvalue weighted by Gasteiger charge is -2.26. The second-order valence-electron chi connectivity index (χ2n) is 6.88. The Morgan fingerprint density at radius 2 is 2.21 bits per heavy atom. The molecule has 1 aromatic rings. The van der Waals surface area contributed by atoms with E-state index < -0.39 is 0 Å². The predicted octanol–water partition coefficient (Wildman–Crippen LogP) is 1.03. The van der Waals surface area contributed by atoms with Crippen LogP contribution in [-0.4, -0.2) is 68.4 Å². The summed E-state index contributed by atoms with van der Waals surface area (Å²) >= 11 is 6.30. The molecule has 9 heteroatoms. The molecule has 0 aliphatic carbocycles. The van der Waals surface area contributed by atoms with Gasteiger partial charge in [-0.1, -0.05) is 18.5 Å². The topological polar surface area (TPSA) is 92.3 Å². The smallest absolute Gasteiger partial charge is 0.257 e. The molecule has 1 unspecified atom stereocenters. The number of carbonyl (C=O) groups excluding carboxylic acids is 2. The summed E-state index contributed by atoms with van der Waals surface area (Å²) in [6, 6.07) is 5.27. The van der Waals surface area contributed by atoms with Crippen LogP contribution in [0.5, 0.6) is 5.75 Å². The maximum Gasteiger partial charge on any atom is 0.257 e. The molecular weight excluding hydrogens is 384 g/mol. The number of hydrazone groups is 1. The Hall–Kier alpha value is -2.16. The van der Waals surface area contributed by atoms with E-state index in [1.807, 2.05) is 13.0 Å². The molecule has 2 aliphatic heterocycles. The monoisotopic (exact) mass is 408 g/mol. The first-order chi connectivity index (χ1) is 13.5. The van der Waals surface area contributed by atoms with Crippen molar-refractivity contribution in [2.75, 3.05) is 46.0 Å². The molecule has 1 saturated heterocycles. The number of rotatable bonds is 7. The van der Waals surface area contributed by atoms with Gasteiger partial charge in [0.25, 0.3) is 5.91 Å². The van der Waals surface area contributed by atoms with Gasteiger partial charge in [0.2, 0.25) is 5.91 Å². The third-order valence-corrected chi connectivity index (χ3v) is 5.00. The lowest BCUT2D eigenvalue weighted by Crippen LogP contribution is -2.42. The molecule has 8 nitrogen and oxygen atoms in total. The molecular formula is C19H25ClN4O4. The lowest BCUT2D eigenvalue weighted by molar-refractivity contribution is -0.123. The highest BCUT2D eigenvalue weighted by Gasteiger charge is 2.22. The van der Waals surface area contributed by atoms with Crippen molar-refractivity contribution < 1.29 is 19.1 Å². The van der Waals surface area contributed by atoms with Crippen LogP contribution in [0.3, 0.4) is 0 Å². The molecule has 0 radical (unpaired) electrons. The van der Waals surface area contributed by atoms with Gasteiger partial charge in [-0.2, -0.15) is 5.10 Å². The van der Waals surface area contributed by atoms with Crippen LogP contribution in [0.15, 0.2) is 23.3 Å². The standard InChI is InChI=1S/C19H25ClN4O4/c1-13-10-17(25)22-23-19(13)14-2-3-16(15(20)11-14)28-12-18(26)21-4-5-24-6-8-27-9-7-24/h2-3,11,13H,4-10,12H2,1H3,(H,21,26)(H,22,25). The molecule has 2 aliphatic rings. The number of ether oxygens (including phenoxy) is 2.